The molecule has 84 valence electrons. The van der Waals surface area contributed by atoms with Crippen molar-refractivity contribution in [2.75, 3.05) is 6.61 Å². The molecule has 5 heteroatoms. The maximum atomic E-state index is 11.7. The third-order valence-electron chi connectivity index (χ3n) is 2.31. The Labute approximate surface area is 92.1 Å². The standard InChI is InChI=1S/C11H11NO4/c12-11(14)15-6-7-5-9(13)8-3-1-2-4-10(8)16-7/h1-4,7H,5-6H2,(H2,12,14). The van der Waals surface area contributed by atoms with Crippen molar-refractivity contribution in [3.8, 4) is 5.75 Å². The van der Waals surface area contributed by atoms with Crippen LogP contribution in [0.3, 0.4) is 0 Å². The normalized spacial score (nSPS) is 18.5. The van der Waals surface area contributed by atoms with Crippen LogP contribution in [0.15, 0.2) is 24.3 Å². The van der Waals surface area contributed by atoms with Crippen LogP contribution in [0.4, 0.5) is 4.79 Å². The van der Waals surface area contributed by atoms with E-state index in [9.17, 15) is 9.59 Å². The van der Waals surface area contributed by atoms with E-state index in [0.29, 0.717) is 11.3 Å². The molecule has 1 aliphatic heterocycles. The van der Waals surface area contributed by atoms with Crippen molar-refractivity contribution in [1.82, 2.24) is 0 Å². The third-order valence-corrected chi connectivity index (χ3v) is 2.31. The molecule has 0 aromatic heterocycles. The number of ether oxygens (including phenoxy) is 2. The second kappa shape index (κ2) is 4.22. The van der Waals surface area contributed by atoms with Gasteiger partial charge in [-0.1, -0.05) is 12.1 Å². The first-order chi connectivity index (χ1) is 7.66. The molecule has 0 saturated heterocycles. The number of hydrogen-bond acceptors (Lipinski definition) is 4. The average molecular weight is 221 g/mol. The summed E-state index contributed by atoms with van der Waals surface area (Å²) in [6.45, 7) is -0.00456. The minimum Gasteiger partial charge on any atom is -0.486 e. The number of hydrogen-bond donors (Lipinski definition) is 1. The molecule has 1 aliphatic rings. The van der Waals surface area contributed by atoms with Crippen LogP contribution in [0.5, 0.6) is 5.75 Å². The Bertz CT molecular complexity index is 430. The Morgan fingerprint density at radius 2 is 2.25 bits per heavy atom. The lowest BCUT2D eigenvalue weighted by Gasteiger charge is -2.24. The minimum absolute atomic E-state index is 0.00456. The van der Waals surface area contributed by atoms with Gasteiger partial charge in [-0.25, -0.2) is 4.79 Å². The summed E-state index contributed by atoms with van der Waals surface area (Å²) in [5.41, 5.74) is 5.40. The summed E-state index contributed by atoms with van der Waals surface area (Å²) in [4.78, 5) is 22.1. The van der Waals surface area contributed by atoms with E-state index in [-0.39, 0.29) is 18.8 Å². The molecule has 16 heavy (non-hydrogen) atoms. The predicted molar refractivity (Wildman–Crippen MR) is 55.3 cm³/mol. The first-order valence-electron chi connectivity index (χ1n) is 4.88. The van der Waals surface area contributed by atoms with Gasteiger partial charge < -0.3 is 15.2 Å². The van der Waals surface area contributed by atoms with Crippen molar-refractivity contribution >= 4 is 11.9 Å². The number of nitrogens with two attached hydrogens (primary N) is 1. The number of para-hydroxylation sites is 1. The van der Waals surface area contributed by atoms with Gasteiger partial charge in [-0.05, 0) is 12.1 Å². The molecule has 0 bridgehead atoms. The molecule has 1 aromatic carbocycles. The Morgan fingerprint density at radius 3 is 3.00 bits per heavy atom. The van der Waals surface area contributed by atoms with Crippen molar-refractivity contribution in [2.45, 2.75) is 12.5 Å². The lowest BCUT2D eigenvalue weighted by molar-refractivity contribution is 0.0620. The molecular weight excluding hydrogens is 210 g/mol. The molecule has 0 spiro atoms. The largest absolute Gasteiger partial charge is 0.486 e. The molecule has 5 nitrogen and oxygen atoms in total. The summed E-state index contributed by atoms with van der Waals surface area (Å²) >= 11 is 0. The Balaban J connectivity index is 2.09. The van der Waals surface area contributed by atoms with Crippen LogP contribution in [-0.4, -0.2) is 24.6 Å². The Hall–Kier alpha value is -2.04. The van der Waals surface area contributed by atoms with E-state index >= 15 is 0 Å². The average Bonchev–Trinajstić information content (AvgIpc) is 2.26. The monoisotopic (exact) mass is 221 g/mol. The van der Waals surface area contributed by atoms with Crippen LogP contribution in [0, 0.1) is 0 Å². The molecule has 0 aliphatic carbocycles. The van der Waals surface area contributed by atoms with Gasteiger partial charge in [0.2, 0.25) is 0 Å². The van der Waals surface area contributed by atoms with Gasteiger partial charge in [0.1, 0.15) is 18.5 Å². The summed E-state index contributed by atoms with van der Waals surface area (Å²) < 4.78 is 10.1. The number of carbonyl (C=O) groups is 2. The number of amides is 1. The van der Waals surface area contributed by atoms with Gasteiger partial charge in [0, 0.05) is 0 Å². The van der Waals surface area contributed by atoms with E-state index in [1.54, 1.807) is 24.3 Å². The van der Waals surface area contributed by atoms with E-state index in [2.05, 4.69) is 4.74 Å². The number of primary amides is 1. The highest BCUT2D eigenvalue weighted by atomic mass is 16.6. The Morgan fingerprint density at radius 1 is 1.50 bits per heavy atom. The van der Waals surface area contributed by atoms with Crippen molar-refractivity contribution in [3.05, 3.63) is 29.8 Å². The van der Waals surface area contributed by atoms with Crippen LogP contribution in [0.2, 0.25) is 0 Å². The van der Waals surface area contributed by atoms with Gasteiger partial charge in [-0.15, -0.1) is 0 Å². The van der Waals surface area contributed by atoms with Crippen LogP contribution in [0.25, 0.3) is 0 Å². The van der Waals surface area contributed by atoms with E-state index in [0.717, 1.165) is 0 Å². The molecular formula is C11H11NO4. The quantitative estimate of drug-likeness (QED) is 0.811. The lowest BCUT2D eigenvalue weighted by atomic mass is 10.0. The number of ketones is 1. The van der Waals surface area contributed by atoms with Crippen LogP contribution in [-0.2, 0) is 4.74 Å². The van der Waals surface area contributed by atoms with Gasteiger partial charge in [-0.2, -0.15) is 0 Å². The first-order valence-corrected chi connectivity index (χ1v) is 4.88. The molecule has 1 amide bonds. The van der Waals surface area contributed by atoms with Crippen molar-refractivity contribution in [2.24, 2.45) is 5.73 Å². The molecule has 1 unspecified atom stereocenters. The van der Waals surface area contributed by atoms with E-state index in [1.807, 2.05) is 0 Å². The van der Waals surface area contributed by atoms with Crippen LogP contribution < -0.4 is 10.5 Å². The highest BCUT2D eigenvalue weighted by Crippen LogP contribution is 2.27. The predicted octanol–water partition coefficient (Wildman–Crippen LogP) is 1.12. The summed E-state index contributed by atoms with van der Waals surface area (Å²) in [6.07, 6.45) is -1.12. The molecule has 0 radical (unpaired) electrons. The fourth-order valence-corrected chi connectivity index (χ4v) is 1.61. The molecule has 1 heterocycles. The summed E-state index contributed by atoms with van der Waals surface area (Å²) in [7, 11) is 0. The number of rotatable bonds is 2. The fourth-order valence-electron chi connectivity index (χ4n) is 1.61. The molecule has 1 atom stereocenters. The number of benzene rings is 1. The van der Waals surface area contributed by atoms with Gasteiger partial charge in [0.05, 0.1) is 12.0 Å². The fraction of sp³-hybridized carbons (Fsp3) is 0.273. The number of Topliss-reactive ketones (excluding diaryl/α,β-unsaturated/α-hetero) is 1. The molecule has 1 aromatic rings. The summed E-state index contributed by atoms with van der Waals surface area (Å²) in [5.74, 6) is 0.511. The molecule has 2 N–H and O–H groups in total. The lowest BCUT2D eigenvalue weighted by Crippen LogP contribution is -2.32. The zero-order valence-electron chi connectivity index (χ0n) is 8.51. The van der Waals surface area contributed by atoms with Gasteiger partial charge in [-0.3, -0.25) is 4.79 Å². The van der Waals surface area contributed by atoms with Gasteiger partial charge in [0.15, 0.2) is 5.78 Å². The van der Waals surface area contributed by atoms with Crippen molar-refractivity contribution in [1.29, 1.82) is 0 Å². The second-order valence-corrected chi connectivity index (χ2v) is 3.49. The zero-order valence-corrected chi connectivity index (χ0v) is 8.51. The highest BCUT2D eigenvalue weighted by Gasteiger charge is 2.26. The smallest absolute Gasteiger partial charge is 0.404 e. The number of fused-ring (bicyclic) bond motifs is 1. The first kappa shape index (κ1) is 10.5. The molecule has 0 saturated carbocycles. The van der Waals surface area contributed by atoms with Gasteiger partial charge in [0.25, 0.3) is 0 Å². The zero-order chi connectivity index (χ0) is 11.5. The van der Waals surface area contributed by atoms with Crippen LogP contribution >= 0.6 is 0 Å². The highest BCUT2D eigenvalue weighted by molar-refractivity contribution is 5.99. The van der Waals surface area contributed by atoms with Crippen LogP contribution in [0.1, 0.15) is 16.8 Å². The van der Waals surface area contributed by atoms with Crippen molar-refractivity contribution < 1.29 is 19.1 Å². The van der Waals surface area contributed by atoms with E-state index in [1.165, 1.54) is 0 Å². The summed E-state index contributed by atoms with van der Waals surface area (Å²) in [5, 5.41) is 0. The van der Waals surface area contributed by atoms with Crippen molar-refractivity contribution in [3.63, 3.8) is 0 Å². The Kier molecular flexibility index (Phi) is 2.76. The number of carbonyl (C=O) groups excluding carboxylic acids is 2. The molecule has 2 rings (SSSR count). The second-order valence-electron chi connectivity index (χ2n) is 3.49. The minimum atomic E-state index is -0.866. The third kappa shape index (κ3) is 2.13. The molecule has 0 fully saturated rings. The maximum Gasteiger partial charge on any atom is 0.404 e. The van der Waals surface area contributed by atoms with E-state index < -0.39 is 12.2 Å². The topological polar surface area (TPSA) is 78.6 Å². The van der Waals surface area contributed by atoms with E-state index in [4.69, 9.17) is 10.5 Å². The van der Waals surface area contributed by atoms with Gasteiger partial charge >= 0.3 is 6.09 Å². The maximum absolute atomic E-state index is 11.7. The summed E-state index contributed by atoms with van der Waals surface area (Å²) in [6, 6.07) is 6.98. The SMILES string of the molecule is NC(=O)OCC1CC(=O)c2ccccc2O1.